The Balaban J connectivity index is 1.98. The lowest BCUT2D eigenvalue weighted by atomic mass is 9.84. The Morgan fingerprint density at radius 1 is 1.48 bits per heavy atom. The Labute approximate surface area is 121 Å². The number of aryl methyl sites for hydroxylation is 2. The number of carbonyl (C=O) groups is 3. The average molecular weight is 294 g/mol. The summed E-state index contributed by atoms with van der Waals surface area (Å²) in [6.07, 6.45) is 3.48. The molecule has 0 aromatic carbocycles. The molecule has 1 N–H and O–H groups in total. The molecule has 1 aliphatic rings. The topological polar surface area (TPSA) is 98.5 Å². The van der Waals surface area contributed by atoms with Crippen molar-refractivity contribution in [1.29, 1.82) is 0 Å². The van der Waals surface area contributed by atoms with E-state index in [0.29, 0.717) is 25.8 Å². The Bertz CT molecular complexity index is 564. The lowest BCUT2D eigenvalue weighted by Crippen LogP contribution is -2.24. The lowest BCUT2D eigenvalue weighted by molar-refractivity contribution is -0.142. The quantitative estimate of drug-likeness (QED) is 0.609. The first-order chi connectivity index (χ1) is 9.99. The van der Waals surface area contributed by atoms with E-state index in [9.17, 15) is 14.4 Å². The third-order valence-electron chi connectivity index (χ3n) is 3.67. The van der Waals surface area contributed by atoms with E-state index < -0.39 is 12.4 Å². The highest BCUT2D eigenvalue weighted by molar-refractivity contribution is 5.96. The van der Waals surface area contributed by atoms with Gasteiger partial charge >= 0.3 is 11.9 Å². The fourth-order valence-corrected chi connectivity index (χ4v) is 2.55. The van der Waals surface area contributed by atoms with Crippen molar-refractivity contribution in [3.63, 3.8) is 0 Å². The number of fused-ring (bicyclic) bond motifs is 1. The zero-order valence-electron chi connectivity index (χ0n) is 11.9. The molecule has 0 amide bonds. The molecular weight excluding hydrogens is 276 g/mol. The minimum Gasteiger partial charge on any atom is -0.481 e. The fourth-order valence-electron chi connectivity index (χ4n) is 2.55. The summed E-state index contributed by atoms with van der Waals surface area (Å²) in [6, 6.07) is 0. The summed E-state index contributed by atoms with van der Waals surface area (Å²) in [5, 5.41) is 13.1. The van der Waals surface area contributed by atoms with Crippen LogP contribution in [0.15, 0.2) is 6.20 Å². The number of methoxy groups -OCH3 is 1. The van der Waals surface area contributed by atoms with Crippen LogP contribution >= 0.6 is 0 Å². The van der Waals surface area contributed by atoms with E-state index in [1.807, 2.05) is 6.20 Å². The fraction of sp³-hybridized carbons (Fsp3) is 0.571. The van der Waals surface area contributed by atoms with Gasteiger partial charge in [-0.3, -0.25) is 19.1 Å². The van der Waals surface area contributed by atoms with E-state index in [1.165, 1.54) is 7.11 Å². The zero-order chi connectivity index (χ0) is 15.4. The van der Waals surface area contributed by atoms with Gasteiger partial charge in [-0.05, 0) is 24.8 Å². The zero-order valence-corrected chi connectivity index (χ0v) is 11.9. The number of nitrogens with zero attached hydrogens (tertiary/aromatic N) is 2. The van der Waals surface area contributed by atoms with Gasteiger partial charge in [0, 0.05) is 12.1 Å². The van der Waals surface area contributed by atoms with Crippen LogP contribution in [0.3, 0.4) is 0 Å². The van der Waals surface area contributed by atoms with Crippen molar-refractivity contribution in [1.82, 2.24) is 9.78 Å². The van der Waals surface area contributed by atoms with Gasteiger partial charge in [0.25, 0.3) is 0 Å². The molecule has 0 aliphatic heterocycles. The largest absolute Gasteiger partial charge is 0.481 e. The molecule has 1 aliphatic carbocycles. The summed E-state index contributed by atoms with van der Waals surface area (Å²) in [5.74, 6) is -1.85. The van der Waals surface area contributed by atoms with Crippen molar-refractivity contribution in [3.8, 4) is 0 Å². The summed E-state index contributed by atoms with van der Waals surface area (Å²) in [4.78, 5) is 33.5. The molecule has 1 atom stereocenters. The maximum Gasteiger partial charge on any atom is 0.310 e. The van der Waals surface area contributed by atoms with Crippen molar-refractivity contribution < 1.29 is 24.2 Å². The molecule has 1 heterocycles. The Kier molecular flexibility index (Phi) is 4.72. The monoisotopic (exact) mass is 294 g/mol. The van der Waals surface area contributed by atoms with Gasteiger partial charge < -0.3 is 9.84 Å². The molecule has 1 aromatic rings. The summed E-state index contributed by atoms with van der Waals surface area (Å²) >= 11 is 0. The minimum absolute atomic E-state index is 0.226. The smallest absolute Gasteiger partial charge is 0.310 e. The molecule has 0 bridgehead atoms. The summed E-state index contributed by atoms with van der Waals surface area (Å²) in [6.45, 7) is 0.438. The second kappa shape index (κ2) is 6.51. The van der Waals surface area contributed by atoms with Gasteiger partial charge in [0.15, 0.2) is 0 Å². The summed E-state index contributed by atoms with van der Waals surface area (Å²) in [7, 11) is 1.34. The van der Waals surface area contributed by atoms with Gasteiger partial charge in [0.1, 0.15) is 12.2 Å². The highest BCUT2D eigenvalue weighted by Gasteiger charge is 2.27. The average Bonchev–Trinajstić information content (AvgIpc) is 2.85. The molecule has 1 aromatic heterocycles. The van der Waals surface area contributed by atoms with Crippen LogP contribution in [0.1, 0.15) is 30.5 Å². The predicted octanol–water partition coefficient (Wildman–Crippen LogP) is 0.595. The number of rotatable bonds is 6. The first-order valence-corrected chi connectivity index (χ1v) is 6.86. The molecule has 21 heavy (non-hydrogen) atoms. The van der Waals surface area contributed by atoms with Crippen LogP contribution in [0.5, 0.6) is 0 Å². The number of ketones is 1. The van der Waals surface area contributed by atoms with Crippen LogP contribution < -0.4 is 0 Å². The normalized spacial score (nSPS) is 17.1. The van der Waals surface area contributed by atoms with Gasteiger partial charge in [-0.1, -0.05) is 0 Å². The van der Waals surface area contributed by atoms with Gasteiger partial charge in [-0.15, -0.1) is 0 Å². The number of Topliss-reactive ketones (excluding diaryl/α,β-unsaturated/α-hetero) is 1. The van der Waals surface area contributed by atoms with E-state index in [-0.39, 0.29) is 24.1 Å². The number of aliphatic carboxylic acids is 1. The Morgan fingerprint density at radius 3 is 2.90 bits per heavy atom. The molecule has 7 nitrogen and oxygen atoms in total. The minimum atomic E-state index is -1.08. The SMILES string of the molecule is COC(=O)CCn1cc2c(n1)CCC(C(=O)CC(=O)O)C2. The Hall–Kier alpha value is -2.18. The van der Waals surface area contributed by atoms with E-state index in [2.05, 4.69) is 9.84 Å². The van der Waals surface area contributed by atoms with Gasteiger partial charge in [0.2, 0.25) is 0 Å². The third kappa shape index (κ3) is 3.90. The van der Waals surface area contributed by atoms with Gasteiger partial charge in [-0.2, -0.15) is 5.10 Å². The Morgan fingerprint density at radius 2 is 2.24 bits per heavy atom. The van der Waals surface area contributed by atoms with Crippen molar-refractivity contribution in [2.75, 3.05) is 7.11 Å². The maximum atomic E-state index is 11.8. The molecule has 7 heteroatoms. The third-order valence-corrected chi connectivity index (χ3v) is 3.67. The molecular formula is C14H18N2O5. The second-order valence-corrected chi connectivity index (χ2v) is 5.17. The van der Waals surface area contributed by atoms with E-state index in [1.54, 1.807) is 4.68 Å². The number of carboxylic acid groups (broad SMARTS) is 1. The van der Waals surface area contributed by atoms with Crippen LogP contribution in [-0.4, -0.2) is 39.7 Å². The number of hydrogen-bond donors (Lipinski definition) is 1. The molecule has 114 valence electrons. The van der Waals surface area contributed by atoms with Crippen molar-refractivity contribution in [2.24, 2.45) is 5.92 Å². The summed E-state index contributed by atoms with van der Waals surface area (Å²) in [5.41, 5.74) is 1.90. The van der Waals surface area contributed by atoms with Crippen LogP contribution in [0.2, 0.25) is 0 Å². The lowest BCUT2D eigenvalue weighted by Gasteiger charge is -2.19. The van der Waals surface area contributed by atoms with E-state index in [0.717, 1.165) is 11.3 Å². The van der Waals surface area contributed by atoms with Crippen LogP contribution in [0.25, 0.3) is 0 Å². The van der Waals surface area contributed by atoms with Gasteiger partial charge in [0.05, 0.1) is 25.8 Å². The van der Waals surface area contributed by atoms with Crippen molar-refractivity contribution in [2.45, 2.75) is 38.6 Å². The highest BCUT2D eigenvalue weighted by Crippen LogP contribution is 2.26. The number of ether oxygens (including phenoxy) is 1. The second-order valence-electron chi connectivity index (χ2n) is 5.17. The highest BCUT2D eigenvalue weighted by atomic mass is 16.5. The number of esters is 1. The van der Waals surface area contributed by atoms with E-state index in [4.69, 9.17) is 5.11 Å². The molecule has 1 unspecified atom stereocenters. The summed E-state index contributed by atoms with van der Waals surface area (Å²) < 4.78 is 6.27. The first kappa shape index (κ1) is 15.2. The number of carboxylic acids is 1. The maximum absolute atomic E-state index is 11.8. The number of aromatic nitrogens is 2. The molecule has 0 radical (unpaired) electrons. The first-order valence-electron chi connectivity index (χ1n) is 6.86. The van der Waals surface area contributed by atoms with Crippen LogP contribution in [0, 0.1) is 5.92 Å². The molecule has 0 fully saturated rings. The number of carbonyl (C=O) groups excluding carboxylic acids is 2. The van der Waals surface area contributed by atoms with Gasteiger partial charge in [-0.25, -0.2) is 0 Å². The molecule has 2 rings (SSSR count). The van der Waals surface area contributed by atoms with Crippen LogP contribution in [-0.2, 0) is 38.5 Å². The predicted molar refractivity (Wildman–Crippen MR) is 71.6 cm³/mol. The molecule has 0 spiro atoms. The van der Waals surface area contributed by atoms with Crippen molar-refractivity contribution >= 4 is 17.7 Å². The molecule has 0 saturated carbocycles. The van der Waals surface area contributed by atoms with Crippen molar-refractivity contribution in [3.05, 3.63) is 17.5 Å². The molecule has 0 saturated heterocycles. The van der Waals surface area contributed by atoms with Crippen LogP contribution in [0.4, 0.5) is 0 Å². The van der Waals surface area contributed by atoms with E-state index >= 15 is 0 Å². The number of hydrogen-bond acceptors (Lipinski definition) is 5. The standard InChI is InChI=1S/C14H18N2O5/c1-21-14(20)4-5-16-8-10-6-9(2-3-11(10)15-16)12(17)7-13(18)19/h8-9H,2-7H2,1H3,(H,18,19).